The lowest BCUT2D eigenvalue weighted by Crippen LogP contribution is -2.29. The van der Waals surface area contributed by atoms with Gasteiger partial charge < -0.3 is 10.6 Å². The topological polar surface area (TPSA) is 54.0 Å². The van der Waals surface area contributed by atoms with E-state index >= 15 is 0 Å². The Hall–Kier alpha value is -1.00. The summed E-state index contributed by atoms with van der Waals surface area (Å²) in [7, 11) is 0. The van der Waals surface area contributed by atoms with Crippen LogP contribution in [0.4, 0.5) is 10.5 Å². The average molecular weight is 248 g/mol. The summed E-state index contributed by atoms with van der Waals surface area (Å²) in [6.45, 7) is 0.550. The molecule has 0 saturated heterocycles. The van der Waals surface area contributed by atoms with E-state index in [0.29, 0.717) is 23.3 Å². The third kappa shape index (κ3) is 4.85. The van der Waals surface area contributed by atoms with Gasteiger partial charge in [-0.3, -0.25) is 0 Å². The number of nitrogens with zero attached hydrogens (tertiary/aromatic N) is 1. The zero-order valence-corrected chi connectivity index (χ0v) is 9.48. The van der Waals surface area contributed by atoms with Crippen molar-refractivity contribution in [2.45, 2.75) is 6.42 Å². The summed E-state index contributed by atoms with van der Waals surface area (Å²) < 4.78 is 0. The maximum absolute atomic E-state index is 11.3. The van der Waals surface area contributed by atoms with Gasteiger partial charge in [0.2, 0.25) is 0 Å². The van der Waals surface area contributed by atoms with Crippen molar-refractivity contribution in [1.82, 2.24) is 10.3 Å². The van der Waals surface area contributed by atoms with Crippen molar-refractivity contribution in [1.29, 1.82) is 0 Å². The number of nitrogens with one attached hydrogen (secondary N) is 2. The first-order valence-corrected chi connectivity index (χ1v) is 5.36. The molecule has 0 unspecified atom stereocenters. The largest absolute Gasteiger partial charge is 0.338 e. The van der Waals surface area contributed by atoms with Gasteiger partial charge >= 0.3 is 6.03 Å². The minimum Gasteiger partial charge on any atom is -0.338 e. The normalized spacial score (nSPS) is 9.73. The molecule has 82 valence electrons. The predicted molar refractivity (Wildman–Crippen MR) is 61.6 cm³/mol. The van der Waals surface area contributed by atoms with E-state index in [2.05, 4.69) is 15.6 Å². The van der Waals surface area contributed by atoms with E-state index in [0.717, 1.165) is 6.42 Å². The number of aromatic nitrogens is 1. The van der Waals surface area contributed by atoms with Crippen LogP contribution in [0.3, 0.4) is 0 Å². The molecule has 0 aliphatic carbocycles. The lowest BCUT2D eigenvalue weighted by Gasteiger charge is -2.06. The number of anilines is 1. The third-order valence-electron chi connectivity index (χ3n) is 1.58. The molecule has 15 heavy (non-hydrogen) atoms. The molecular formula is C9H11Cl2N3O. The Bertz CT molecular complexity index is 333. The summed E-state index contributed by atoms with van der Waals surface area (Å²) >= 11 is 11.1. The van der Waals surface area contributed by atoms with Crippen molar-refractivity contribution in [3.63, 3.8) is 0 Å². The monoisotopic (exact) mass is 247 g/mol. The Kier molecular flexibility index (Phi) is 5.21. The van der Waals surface area contributed by atoms with Crippen LogP contribution in [0.1, 0.15) is 6.42 Å². The van der Waals surface area contributed by atoms with Crippen molar-refractivity contribution in [3.8, 4) is 0 Å². The number of carbonyl (C=O) groups is 1. The second kappa shape index (κ2) is 6.48. The molecule has 1 rings (SSSR count). The standard InChI is InChI=1S/C9H11Cl2N3O/c10-3-1-4-13-9(15)14-7-2-5-12-8(11)6-7/h2,5-6H,1,3-4H2,(H2,12,13,14,15). The van der Waals surface area contributed by atoms with E-state index in [1.807, 2.05) is 0 Å². The van der Waals surface area contributed by atoms with E-state index in [1.165, 1.54) is 6.20 Å². The van der Waals surface area contributed by atoms with E-state index < -0.39 is 0 Å². The fraction of sp³-hybridized carbons (Fsp3) is 0.333. The van der Waals surface area contributed by atoms with Crippen molar-refractivity contribution in [2.24, 2.45) is 0 Å². The van der Waals surface area contributed by atoms with E-state index in [9.17, 15) is 4.79 Å². The van der Waals surface area contributed by atoms with Crippen LogP contribution < -0.4 is 10.6 Å². The van der Waals surface area contributed by atoms with Gasteiger partial charge in [-0.25, -0.2) is 9.78 Å². The van der Waals surface area contributed by atoms with Gasteiger partial charge in [0.1, 0.15) is 5.15 Å². The van der Waals surface area contributed by atoms with Crippen LogP contribution in [0.15, 0.2) is 18.3 Å². The maximum atomic E-state index is 11.3. The first-order valence-electron chi connectivity index (χ1n) is 4.45. The van der Waals surface area contributed by atoms with Gasteiger partial charge in [-0.1, -0.05) is 11.6 Å². The number of hydrogen-bond acceptors (Lipinski definition) is 2. The van der Waals surface area contributed by atoms with Crippen LogP contribution in [0.2, 0.25) is 5.15 Å². The van der Waals surface area contributed by atoms with E-state index in [-0.39, 0.29) is 6.03 Å². The molecule has 0 aliphatic heterocycles. The van der Waals surface area contributed by atoms with Gasteiger partial charge in [0.05, 0.1) is 0 Å². The van der Waals surface area contributed by atoms with Crippen LogP contribution in [-0.4, -0.2) is 23.4 Å². The zero-order valence-electron chi connectivity index (χ0n) is 7.96. The molecule has 2 amide bonds. The fourth-order valence-corrected chi connectivity index (χ4v) is 1.23. The fourth-order valence-electron chi connectivity index (χ4n) is 0.924. The number of halogens is 2. The Balaban J connectivity index is 2.37. The van der Waals surface area contributed by atoms with Crippen LogP contribution in [0.5, 0.6) is 0 Å². The third-order valence-corrected chi connectivity index (χ3v) is 2.05. The molecule has 0 aliphatic rings. The predicted octanol–water partition coefficient (Wildman–Crippen LogP) is 2.49. The Morgan fingerprint density at radius 2 is 2.33 bits per heavy atom. The van der Waals surface area contributed by atoms with Crippen LogP contribution in [0, 0.1) is 0 Å². The van der Waals surface area contributed by atoms with Gasteiger partial charge in [0, 0.05) is 24.3 Å². The van der Waals surface area contributed by atoms with Gasteiger partial charge in [0.15, 0.2) is 0 Å². The average Bonchev–Trinajstić information content (AvgIpc) is 2.18. The molecule has 1 aromatic rings. The highest BCUT2D eigenvalue weighted by atomic mass is 35.5. The number of alkyl halides is 1. The molecule has 0 bridgehead atoms. The first kappa shape index (κ1) is 12.1. The molecule has 6 heteroatoms. The molecule has 0 atom stereocenters. The summed E-state index contributed by atoms with van der Waals surface area (Å²) in [6.07, 6.45) is 2.27. The summed E-state index contributed by atoms with van der Waals surface area (Å²) in [6, 6.07) is 2.96. The molecule has 1 aromatic heterocycles. The van der Waals surface area contributed by atoms with Crippen LogP contribution in [-0.2, 0) is 0 Å². The van der Waals surface area contributed by atoms with Crippen molar-refractivity contribution < 1.29 is 4.79 Å². The maximum Gasteiger partial charge on any atom is 0.319 e. The Labute approximate surface area is 98.0 Å². The van der Waals surface area contributed by atoms with Crippen LogP contribution in [0.25, 0.3) is 0 Å². The highest BCUT2D eigenvalue weighted by Crippen LogP contribution is 2.11. The van der Waals surface area contributed by atoms with Crippen molar-refractivity contribution in [2.75, 3.05) is 17.7 Å². The lowest BCUT2D eigenvalue weighted by atomic mass is 10.4. The number of carbonyl (C=O) groups excluding carboxylic acids is 1. The minimum atomic E-state index is -0.276. The van der Waals surface area contributed by atoms with E-state index in [1.54, 1.807) is 12.1 Å². The molecule has 4 nitrogen and oxygen atoms in total. The molecule has 1 heterocycles. The summed E-state index contributed by atoms with van der Waals surface area (Å²) in [5, 5.41) is 5.62. The van der Waals surface area contributed by atoms with Crippen LogP contribution >= 0.6 is 23.2 Å². The van der Waals surface area contributed by atoms with Gasteiger partial charge in [0.25, 0.3) is 0 Å². The first-order chi connectivity index (χ1) is 7.22. The number of pyridine rings is 1. The summed E-state index contributed by atoms with van der Waals surface area (Å²) in [5.74, 6) is 0.529. The summed E-state index contributed by atoms with van der Waals surface area (Å²) in [5.41, 5.74) is 0.610. The molecule has 0 aromatic carbocycles. The number of hydrogen-bond donors (Lipinski definition) is 2. The highest BCUT2D eigenvalue weighted by molar-refractivity contribution is 6.29. The molecule has 0 radical (unpaired) electrons. The number of rotatable bonds is 4. The minimum absolute atomic E-state index is 0.276. The number of urea groups is 1. The zero-order chi connectivity index (χ0) is 11.1. The van der Waals surface area contributed by atoms with Crippen molar-refractivity contribution >= 4 is 34.9 Å². The van der Waals surface area contributed by atoms with Crippen molar-refractivity contribution in [3.05, 3.63) is 23.5 Å². The quantitative estimate of drug-likeness (QED) is 0.488. The second-order valence-corrected chi connectivity index (χ2v) is 3.56. The summed E-state index contributed by atoms with van der Waals surface area (Å²) in [4.78, 5) is 15.1. The van der Waals surface area contributed by atoms with Gasteiger partial charge in [-0.05, 0) is 18.6 Å². The molecule has 0 saturated carbocycles. The Morgan fingerprint density at radius 1 is 1.53 bits per heavy atom. The van der Waals surface area contributed by atoms with E-state index in [4.69, 9.17) is 23.2 Å². The smallest absolute Gasteiger partial charge is 0.319 e. The molecule has 2 N–H and O–H groups in total. The van der Waals surface area contributed by atoms with Gasteiger partial charge in [-0.15, -0.1) is 11.6 Å². The molecule has 0 spiro atoms. The Morgan fingerprint density at radius 3 is 3.00 bits per heavy atom. The van der Waals surface area contributed by atoms with Gasteiger partial charge in [-0.2, -0.15) is 0 Å². The second-order valence-electron chi connectivity index (χ2n) is 2.79. The molecule has 0 fully saturated rings. The number of amides is 2. The lowest BCUT2D eigenvalue weighted by molar-refractivity contribution is 0.252. The molecular weight excluding hydrogens is 237 g/mol. The SMILES string of the molecule is O=C(NCCCCl)Nc1ccnc(Cl)c1. The highest BCUT2D eigenvalue weighted by Gasteiger charge is 2.00.